The van der Waals surface area contributed by atoms with Crippen LogP contribution in [0.5, 0.6) is 0 Å². The van der Waals surface area contributed by atoms with Crippen LogP contribution < -0.4 is 0 Å². The molecule has 0 fully saturated rings. The molecule has 0 N–H and O–H groups in total. The number of aromatic nitrogens is 3. The predicted molar refractivity (Wildman–Crippen MR) is 103 cm³/mol. The minimum atomic E-state index is -0.248. The van der Waals surface area contributed by atoms with Crippen LogP contribution in [0.3, 0.4) is 0 Å². The van der Waals surface area contributed by atoms with Gasteiger partial charge in [0.05, 0.1) is 29.5 Å². The van der Waals surface area contributed by atoms with Crippen molar-refractivity contribution in [3.05, 3.63) is 56.9 Å². The Morgan fingerprint density at radius 2 is 2.07 bits per heavy atom. The zero-order chi connectivity index (χ0) is 19.1. The number of aryl methyl sites for hydroxylation is 3. The fourth-order valence-electron chi connectivity index (χ4n) is 3.34. The molecule has 0 radical (unpaired) electrons. The van der Waals surface area contributed by atoms with E-state index in [1.54, 1.807) is 29.0 Å². The molecule has 1 amide bonds. The van der Waals surface area contributed by atoms with Crippen molar-refractivity contribution < 1.29 is 9.18 Å². The maximum atomic E-state index is 13.9. The summed E-state index contributed by atoms with van der Waals surface area (Å²) in [5, 5.41) is 5.62. The van der Waals surface area contributed by atoms with Gasteiger partial charge in [-0.1, -0.05) is 19.1 Å². The number of thiazole rings is 1. The zero-order valence-electron chi connectivity index (χ0n) is 15.6. The van der Waals surface area contributed by atoms with E-state index in [4.69, 9.17) is 0 Å². The summed E-state index contributed by atoms with van der Waals surface area (Å²) < 4.78 is 15.6. The van der Waals surface area contributed by atoms with E-state index >= 15 is 0 Å². The van der Waals surface area contributed by atoms with Gasteiger partial charge in [0.2, 0.25) is 5.91 Å². The van der Waals surface area contributed by atoms with Crippen molar-refractivity contribution in [1.82, 2.24) is 19.7 Å². The number of halogens is 1. The van der Waals surface area contributed by atoms with Crippen molar-refractivity contribution in [3.63, 3.8) is 0 Å². The summed E-state index contributed by atoms with van der Waals surface area (Å²) in [5.74, 6) is -0.223. The second-order valence-corrected chi connectivity index (χ2v) is 8.14. The minimum absolute atomic E-state index is 0.0253. The van der Waals surface area contributed by atoms with Gasteiger partial charge < -0.3 is 4.90 Å². The molecule has 1 aromatic carbocycles. The van der Waals surface area contributed by atoms with Gasteiger partial charge in [-0.15, -0.1) is 11.3 Å². The minimum Gasteiger partial charge on any atom is -0.330 e. The van der Waals surface area contributed by atoms with Crippen molar-refractivity contribution in [2.75, 3.05) is 0 Å². The molecule has 27 heavy (non-hydrogen) atoms. The average molecular weight is 384 g/mol. The van der Waals surface area contributed by atoms with Crippen LogP contribution in [0.4, 0.5) is 4.39 Å². The molecule has 0 aliphatic carbocycles. The first-order chi connectivity index (χ1) is 12.9. The normalized spacial score (nSPS) is 13.3. The molecule has 3 aromatic rings. The van der Waals surface area contributed by atoms with Crippen LogP contribution in [0.25, 0.3) is 11.3 Å². The molecular weight excluding hydrogens is 363 g/mol. The van der Waals surface area contributed by atoms with Crippen molar-refractivity contribution in [3.8, 4) is 11.3 Å². The second kappa shape index (κ2) is 6.88. The third kappa shape index (κ3) is 3.39. The van der Waals surface area contributed by atoms with Gasteiger partial charge in [0.15, 0.2) is 0 Å². The molecule has 3 heterocycles. The van der Waals surface area contributed by atoms with E-state index in [1.165, 1.54) is 10.9 Å². The maximum absolute atomic E-state index is 13.9. The Labute approximate surface area is 161 Å². The lowest BCUT2D eigenvalue weighted by atomic mass is 10.1. The molecule has 0 saturated carbocycles. The Hall–Kier alpha value is -2.54. The van der Waals surface area contributed by atoms with Gasteiger partial charge in [-0.2, -0.15) is 5.10 Å². The van der Waals surface area contributed by atoms with Crippen LogP contribution >= 0.6 is 11.3 Å². The lowest BCUT2D eigenvalue weighted by molar-refractivity contribution is -0.132. The Morgan fingerprint density at radius 1 is 1.26 bits per heavy atom. The molecule has 0 atom stereocenters. The molecule has 0 unspecified atom stereocenters. The molecule has 1 aliphatic heterocycles. The van der Waals surface area contributed by atoms with E-state index in [0.717, 1.165) is 28.4 Å². The average Bonchev–Trinajstić information content (AvgIpc) is 3.29. The van der Waals surface area contributed by atoms with Crippen LogP contribution in [-0.2, 0) is 30.8 Å². The van der Waals surface area contributed by atoms with Gasteiger partial charge in [-0.05, 0) is 38.0 Å². The Kier molecular flexibility index (Phi) is 4.55. The summed E-state index contributed by atoms with van der Waals surface area (Å²) >= 11 is 1.65. The van der Waals surface area contributed by atoms with E-state index in [1.807, 2.05) is 30.9 Å². The maximum Gasteiger partial charge on any atom is 0.244 e. The second-order valence-electron chi connectivity index (χ2n) is 6.85. The molecule has 5 nitrogen and oxygen atoms in total. The van der Waals surface area contributed by atoms with E-state index in [9.17, 15) is 9.18 Å². The van der Waals surface area contributed by atoms with E-state index in [2.05, 4.69) is 10.1 Å². The first kappa shape index (κ1) is 17.9. The monoisotopic (exact) mass is 384 g/mol. The van der Waals surface area contributed by atoms with Crippen LogP contribution in [0.15, 0.2) is 24.3 Å². The number of hydrogen-bond donors (Lipinski definition) is 0. The van der Waals surface area contributed by atoms with Gasteiger partial charge in [-0.3, -0.25) is 9.48 Å². The highest BCUT2D eigenvalue weighted by atomic mass is 32.1. The van der Waals surface area contributed by atoms with Gasteiger partial charge in [0.25, 0.3) is 0 Å². The highest BCUT2D eigenvalue weighted by Crippen LogP contribution is 2.28. The summed E-state index contributed by atoms with van der Waals surface area (Å²) in [4.78, 5) is 20.2. The van der Waals surface area contributed by atoms with Crippen LogP contribution in [-0.4, -0.2) is 25.6 Å². The fourth-order valence-corrected chi connectivity index (χ4v) is 4.31. The fraction of sp³-hybridized carbons (Fsp3) is 0.350. The number of nitrogens with zero attached hydrogens (tertiary/aromatic N) is 4. The molecule has 2 aromatic heterocycles. The summed E-state index contributed by atoms with van der Waals surface area (Å²) in [6.45, 7) is 7.12. The molecule has 0 bridgehead atoms. The van der Waals surface area contributed by atoms with Crippen LogP contribution in [0, 0.1) is 19.7 Å². The van der Waals surface area contributed by atoms with Crippen LogP contribution in [0.1, 0.15) is 33.8 Å². The van der Waals surface area contributed by atoms with Gasteiger partial charge in [0, 0.05) is 16.1 Å². The quantitative estimate of drug-likeness (QED) is 0.686. The number of carbonyl (C=O) groups is 1. The molecule has 7 heteroatoms. The van der Waals surface area contributed by atoms with Crippen molar-refractivity contribution >= 4 is 17.2 Å². The SMILES string of the molecule is CCc1cc(-c2ccc(C)c(F)c2)nn1CC(=O)N1Cc2nc(C)sc2C1. The number of rotatable bonds is 4. The number of carbonyl (C=O) groups excluding carboxylic acids is 1. The first-order valence-electron chi connectivity index (χ1n) is 9.00. The summed E-state index contributed by atoms with van der Waals surface area (Å²) in [6, 6.07) is 7.04. The molecular formula is C20H21FN4OS. The molecule has 0 spiro atoms. The Balaban J connectivity index is 1.53. The van der Waals surface area contributed by atoms with Gasteiger partial charge in [0.1, 0.15) is 12.4 Å². The molecule has 140 valence electrons. The first-order valence-corrected chi connectivity index (χ1v) is 9.82. The highest BCUT2D eigenvalue weighted by molar-refractivity contribution is 7.11. The van der Waals surface area contributed by atoms with Crippen LogP contribution in [0.2, 0.25) is 0 Å². The highest BCUT2D eigenvalue weighted by Gasteiger charge is 2.27. The molecule has 4 rings (SSSR count). The van der Waals surface area contributed by atoms with Crippen molar-refractivity contribution in [1.29, 1.82) is 0 Å². The van der Waals surface area contributed by atoms with E-state index in [0.29, 0.717) is 24.3 Å². The standard InChI is InChI=1S/C20H21FN4OS/c1-4-15-8-17(14-6-5-12(2)16(21)7-14)23-25(15)11-20(26)24-9-18-19(10-24)27-13(3)22-18/h5-8H,4,9-11H2,1-3H3. The largest absolute Gasteiger partial charge is 0.330 e. The van der Waals surface area contributed by atoms with Gasteiger partial charge in [-0.25, -0.2) is 9.37 Å². The lowest BCUT2D eigenvalue weighted by Gasteiger charge is -2.16. The van der Waals surface area contributed by atoms with E-state index in [-0.39, 0.29) is 18.3 Å². The topological polar surface area (TPSA) is 51.0 Å². The van der Waals surface area contributed by atoms with E-state index < -0.39 is 0 Å². The molecule has 1 aliphatic rings. The summed E-state index contributed by atoms with van der Waals surface area (Å²) in [5.41, 5.74) is 3.99. The number of fused-ring (bicyclic) bond motifs is 1. The van der Waals surface area contributed by atoms with Crippen molar-refractivity contribution in [2.45, 2.75) is 46.8 Å². The lowest BCUT2D eigenvalue weighted by Crippen LogP contribution is -2.30. The number of hydrogen-bond acceptors (Lipinski definition) is 4. The Morgan fingerprint density at radius 3 is 2.78 bits per heavy atom. The molecule has 0 saturated heterocycles. The van der Waals surface area contributed by atoms with Crippen molar-refractivity contribution in [2.24, 2.45) is 0 Å². The number of amides is 1. The third-order valence-corrected chi connectivity index (χ3v) is 5.89. The van der Waals surface area contributed by atoms with Gasteiger partial charge >= 0.3 is 0 Å². The Bertz CT molecular complexity index is 1000. The smallest absolute Gasteiger partial charge is 0.244 e. The summed E-state index contributed by atoms with van der Waals surface area (Å²) in [7, 11) is 0. The zero-order valence-corrected chi connectivity index (χ0v) is 16.4. The number of benzene rings is 1. The third-order valence-electron chi connectivity index (χ3n) is 4.89. The summed E-state index contributed by atoms with van der Waals surface area (Å²) in [6.07, 6.45) is 0.753. The predicted octanol–water partition coefficient (Wildman–Crippen LogP) is 3.87.